The summed E-state index contributed by atoms with van der Waals surface area (Å²) in [5, 5.41) is 12.3. The highest BCUT2D eigenvalue weighted by molar-refractivity contribution is 5.21. The van der Waals surface area contributed by atoms with Gasteiger partial charge in [-0.05, 0) is 62.3 Å². The lowest BCUT2D eigenvalue weighted by Gasteiger charge is -2.21. The first-order valence-corrected chi connectivity index (χ1v) is 9.35. The molecule has 7 nitrogen and oxygen atoms in total. The van der Waals surface area contributed by atoms with E-state index in [0.717, 1.165) is 31.9 Å². The largest absolute Gasteiger partial charge is 0.328 e. The maximum Gasteiger partial charge on any atom is 0.165 e. The Labute approximate surface area is 142 Å². The summed E-state index contributed by atoms with van der Waals surface area (Å²) in [5.41, 5.74) is 2.86. The van der Waals surface area contributed by atoms with Crippen LogP contribution < -0.4 is 0 Å². The molecule has 0 bridgehead atoms. The molecule has 1 atom stereocenters. The number of nitrogens with zero attached hydrogens (tertiary/aromatic N) is 7. The average Bonchev–Trinajstić information content (AvgIpc) is 3.01. The van der Waals surface area contributed by atoms with E-state index in [1.807, 2.05) is 4.68 Å². The molecule has 2 aromatic heterocycles. The maximum atomic E-state index is 4.85. The Morgan fingerprint density at radius 3 is 2.83 bits per heavy atom. The van der Waals surface area contributed by atoms with Crippen LogP contribution in [0.5, 0.6) is 0 Å². The van der Waals surface area contributed by atoms with E-state index in [2.05, 4.69) is 31.9 Å². The first-order valence-electron chi connectivity index (χ1n) is 9.35. The molecule has 5 rings (SSSR count). The van der Waals surface area contributed by atoms with Crippen LogP contribution in [0.1, 0.15) is 67.2 Å². The molecule has 128 valence electrons. The van der Waals surface area contributed by atoms with Crippen molar-refractivity contribution in [3.05, 3.63) is 23.0 Å². The first-order chi connectivity index (χ1) is 11.8. The van der Waals surface area contributed by atoms with Crippen LogP contribution in [0.15, 0.2) is 0 Å². The van der Waals surface area contributed by atoms with Crippen LogP contribution in [0.25, 0.3) is 0 Å². The number of likely N-dealkylation sites (tertiary alicyclic amines) is 1. The number of hydrogen-bond acceptors (Lipinski definition) is 5. The minimum absolute atomic E-state index is 0.552. The smallest absolute Gasteiger partial charge is 0.165 e. The summed E-state index contributed by atoms with van der Waals surface area (Å²) in [6.45, 7) is 5.25. The third kappa shape index (κ3) is 2.46. The van der Waals surface area contributed by atoms with E-state index in [0.29, 0.717) is 12.1 Å². The Kier molecular flexibility index (Phi) is 3.43. The molecule has 24 heavy (non-hydrogen) atoms. The number of hydrogen-bond donors (Lipinski definition) is 0. The summed E-state index contributed by atoms with van der Waals surface area (Å²) < 4.78 is 4.58. The molecular weight excluding hydrogens is 302 g/mol. The third-order valence-corrected chi connectivity index (χ3v) is 5.78. The molecule has 1 saturated carbocycles. The van der Waals surface area contributed by atoms with E-state index in [-0.39, 0.29) is 0 Å². The van der Waals surface area contributed by atoms with Crippen LogP contribution in [-0.2, 0) is 19.4 Å². The quantitative estimate of drug-likeness (QED) is 0.857. The normalized spacial score (nSPS) is 24.5. The van der Waals surface area contributed by atoms with Gasteiger partial charge in [-0.25, -0.2) is 9.67 Å². The summed E-state index contributed by atoms with van der Waals surface area (Å²) in [6, 6.07) is 1.11. The molecule has 3 heterocycles. The van der Waals surface area contributed by atoms with Crippen LogP contribution in [0, 0.1) is 6.92 Å². The molecule has 0 N–H and O–H groups in total. The highest BCUT2D eigenvalue weighted by atomic mass is 15.6. The van der Waals surface area contributed by atoms with Crippen molar-refractivity contribution in [2.45, 2.75) is 70.5 Å². The minimum Gasteiger partial charge on any atom is -0.328 e. The van der Waals surface area contributed by atoms with Crippen molar-refractivity contribution in [2.24, 2.45) is 0 Å². The fraction of sp³-hybridized carbons (Fsp3) is 0.765. The van der Waals surface area contributed by atoms with Crippen LogP contribution >= 0.6 is 0 Å². The number of aromatic nitrogens is 6. The summed E-state index contributed by atoms with van der Waals surface area (Å²) in [5.74, 6) is 2.24. The molecule has 0 radical (unpaired) electrons. The Morgan fingerprint density at radius 1 is 1.08 bits per heavy atom. The third-order valence-electron chi connectivity index (χ3n) is 5.78. The second-order valence-corrected chi connectivity index (χ2v) is 7.58. The van der Waals surface area contributed by atoms with E-state index >= 15 is 0 Å². The highest BCUT2D eigenvalue weighted by Crippen LogP contribution is 2.35. The molecule has 0 spiro atoms. The van der Waals surface area contributed by atoms with Gasteiger partial charge in [0.1, 0.15) is 5.82 Å². The van der Waals surface area contributed by atoms with Crippen molar-refractivity contribution in [3.8, 4) is 0 Å². The predicted octanol–water partition coefficient (Wildman–Crippen LogP) is 1.84. The van der Waals surface area contributed by atoms with Crippen LogP contribution in [0.4, 0.5) is 0 Å². The van der Waals surface area contributed by atoms with Crippen molar-refractivity contribution in [1.29, 1.82) is 0 Å². The SMILES string of the molecule is Cc1nc2c(n1[C@@H]1CCN(Cc3nnnn3C3CC3)C1)CCCC2. The van der Waals surface area contributed by atoms with Gasteiger partial charge in [0.15, 0.2) is 5.82 Å². The zero-order chi connectivity index (χ0) is 16.1. The van der Waals surface area contributed by atoms with Crippen molar-refractivity contribution in [1.82, 2.24) is 34.7 Å². The monoisotopic (exact) mass is 327 g/mol. The lowest BCUT2D eigenvalue weighted by Crippen LogP contribution is -2.24. The molecule has 1 saturated heterocycles. The van der Waals surface area contributed by atoms with E-state index < -0.39 is 0 Å². The lowest BCUT2D eigenvalue weighted by atomic mass is 10.0. The molecule has 2 aliphatic carbocycles. The van der Waals surface area contributed by atoms with Gasteiger partial charge in [0.25, 0.3) is 0 Å². The molecular formula is C17H25N7. The fourth-order valence-electron chi connectivity index (χ4n) is 4.47. The number of aryl methyl sites for hydroxylation is 2. The zero-order valence-electron chi connectivity index (χ0n) is 14.4. The van der Waals surface area contributed by atoms with Gasteiger partial charge >= 0.3 is 0 Å². The number of tetrazole rings is 1. The van der Waals surface area contributed by atoms with Crippen molar-refractivity contribution in [3.63, 3.8) is 0 Å². The van der Waals surface area contributed by atoms with Crippen LogP contribution in [0.2, 0.25) is 0 Å². The molecule has 3 aliphatic rings. The van der Waals surface area contributed by atoms with Crippen LogP contribution in [-0.4, -0.2) is 47.7 Å². The van der Waals surface area contributed by atoms with Gasteiger partial charge in [-0.15, -0.1) is 5.10 Å². The summed E-state index contributed by atoms with van der Waals surface area (Å²) >= 11 is 0. The summed E-state index contributed by atoms with van der Waals surface area (Å²) in [6.07, 6.45) is 8.62. The average molecular weight is 327 g/mol. The second kappa shape index (κ2) is 5.65. The molecule has 0 unspecified atom stereocenters. The lowest BCUT2D eigenvalue weighted by molar-refractivity contribution is 0.298. The van der Waals surface area contributed by atoms with Gasteiger partial charge in [0.2, 0.25) is 0 Å². The molecule has 7 heteroatoms. The second-order valence-electron chi connectivity index (χ2n) is 7.58. The standard InChI is InChI=1S/C17H25N7/c1-12-18-15-4-2-3-5-16(15)23(12)14-8-9-22(10-14)11-17-19-20-21-24(17)13-6-7-13/h13-14H,2-11H2,1H3/t14-/m1/s1. The summed E-state index contributed by atoms with van der Waals surface area (Å²) in [4.78, 5) is 7.35. The Bertz CT molecular complexity index is 742. The topological polar surface area (TPSA) is 64.7 Å². The van der Waals surface area contributed by atoms with Gasteiger partial charge in [0, 0.05) is 24.8 Å². The van der Waals surface area contributed by atoms with Gasteiger partial charge < -0.3 is 4.57 Å². The number of rotatable bonds is 4. The Balaban J connectivity index is 1.32. The minimum atomic E-state index is 0.552. The molecule has 0 aromatic carbocycles. The van der Waals surface area contributed by atoms with Crippen molar-refractivity contribution in [2.75, 3.05) is 13.1 Å². The van der Waals surface area contributed by atoms with E-state index in [9.17, 15) is 0 Å². The summed E-state index contributed by atoms with van der Waals surface area (Å²) in [7, 11) is 0. The number of imidazole rings is 1. The molecule has 1 aliphatic heterocycles. The first kappa shape index (κ1) is 14.6. The van der Waals surface area contributed by atoms with Gasteiger partial charge in [-0.1, -0.05) is 0 Å². The van der Waals surface area contributed by atoms with Gasteiger partial charge in [-0.2, -0.15) is 0 Å². The Morgan fingerprint density at radius 2 is 1.96 bits per heavy atom. The van der Waals surface area contributed by atoms with E-state index in [1.165, 1.54) is 55.7 Å². The molecule has 2 fully saturated rings. The Hall–Kier alpha value is -1.76. The van der Waals surface area contributed by atoms with Crippen molar-refractivity contribution < 1.29 is 0 Å². The molecule has 2 aromatic rings. The molecule has 0 amide bonds. The van der Waals surface area contributed by atoms with E-state index in [1.54, 1.807) is 0 Å². The van der Waals surface area contributed by atoms with Crippen molar-refractivity contribution >= 4 is 0 Å². The zero-order valence-corrected chi connectivity index (χ0v) is 14.4. The van der Waals surface area contributed by atoms with E-state index in [4.69, 9.17) is 4.98 Å². The highest BCUT2D eigenvalue weighted by Gasteiger charge is 2.32. The maximum absolute atomic E-state index is 4.85. The van der Waals surface area contributed by atoms with Gasteiger partial charge in [0.05, 0.1) is 18.3 Å². The van der Waals surface area contributed by atoms with Crippen LogP contribution in [0.3, 0.4) is 0 Å². The number of fused-ring (bicyclic) bond motifs is 1. The fourth-order valence-corrected chi connectivity index (χ4v) is 4.47. The van der Waals surface area contributed by atoms with Gasteiger partial charge in [-0.3, -0.25) is 4.90 Å². The predicted molar refractivity (Wildman–Crippen MR) is 88.6 cm³/mol.